The lowest BCUT2D eigenvalue weighted by Crippen LogP contribution is -2.15. The molecule has 0 aliphatic heterocycles. The first kappa shape index (κ1) is 36.8. The summed E-state index contributed by atoms with van der Waals surface area (Å²) < 4.78 is 15.7. The van der Waals surface area contributed by atoms with Crippen LogP contribution >= 0.6 is 0 Å². The SMILES string of the molecule is CC1(C)c2ccccc2-c2ccc(-c3nc(-c4ccccc4)nc(-c4cccc5oc6ccc(-c7cc(-n8c9ccccc9c9ccccc98)cc8oc9ccccc9c78)cc6c45)n3)cc21. The molecule has 0 fully saturated rings. The van der Waals surface area contributed by atoms with Crippen LogP contribution in [0.15, 0.2) is 203 Å². The fraction of sp³-hybridized carbons (Fsp3) is 0.0500. The molecule has 14 rings (SSSR count). The van der Waals surface area contributed by atoms with E-state index < -0.39 is 0 Å². The highest BCUT2D eigenvalue weighted by molar-refractivity contribution is 6.17. The number of hydrogen-bond donors (Lipinski definition) is 0. The lowest BCUT2D eigenvalue weighted by atomic mass is 9.82. The Hall–Kier alpha value is -8.61. The number of aromatic nitrogens is 4. The zero-order valence-electron chi connectivity index (χ0n) is 36.1. The monoisotopic (exact) mass is 846 g/mol. The topological polar surface area (TPSA) is 69.9 Å². The fourth-order valence-corrected chi connectivity index (χ4v) is 10.8. The Labute approximate surface area is 379 Å². The van der Waals surface area contributed by atoms with Crippen molar-refractivity contribution in [3.63, 3.8) is 0 Å². The zero-order valence-corrected chi connectivity index (χ0v) is 36.1. The van der Waals surface area contributed by atoms with Crippen molar-refractivity contribution in [2.75, 3.05) is 0 Å². The maximum absolute atomic E-state index is 6.69. The minimum absolute atomic E-state index is 0.170. The number of benzene rings is 9. The molecule has 13 aromatic rings. The van der Waals surface area contributed by atoms with Gasteiger partial charge in [-0.2, -0.15) is 0 Å². The average molecular weight is 847 g/mol. The Balaban J connectivity index is 0.988. The highest BCUT2D eigenvalue weighted by Gasteiger charge is 2.35. The predicted molar refractivity (Wildman–Crippen MR) is 268 cm³/mol. The Kier molecular flexibility index (Phi) is 7.64. The van der Waals surface area contributed by atoms with Crippen molar-refractivity contribution >= 4 is 65.7 Å². The second-order valence-corrected chi connectivity index (χ2v) is 17.9. The van der Waals surface area contributed by atoms with E-state index >= 15 is 0 Å². The van der Waals surface area contributed by atoms with Gasteiger partial charge in [0.05, 0.1) is 16.7 Å². The van der Waals surface area contributed by atoms with Crippen molar-refractivity contribution in [3.05, 3.63) is 205 Å². The third-order valence-electron chi connectivity index (χ3n) is 13.9. The van der Waals surface area contributed by atoms with Crippen molar-refractivity contribution in [3.8, 4) is 62.1 Å². The summed E-state index contributed by atoms with van der Waals surface area (Å²) >= 11 is 0. The summed E-state index contributed by atoms with van der Waals surface area (Å²) in [5.74, 6) is 1.81. The summed E-state index contributed by atoms with van der Waals surface area (Å²) in [6, 6.07) is 68.3. The van der Waals surface area contributed by atoms with E-state index in [2.05, 4.69) is 170 Å². The second kappa shape index (κ2) is 13.7. The van der Waals surface area contributed by atoms with Gasteiger partial charge in [0.1, 0.15) is 22.3 Å². The standard InChI is InChI=1S/C60H38N4O2/c1-60(2)47-22-10-6-17-39(47)40-29-27-37(32-48(40)60)58-61-57(35-15-4-3-5-16-35)62-59(63-58)44-21-14-26-53-56(44)46-31-36(28-30-52(46)65-53)45-33-38(34-54-55(45)43-20-9-13-25-51(43)66-54)64-49-23-11-7-18-41(49)42-19-8-12-24-50(42)64/h3-34H,1-2H3. The van der Waals surface area contributed by atoms with Gasteiger partial charge in [-0.25, -0.2) is 15.0 Å². The van der Waals surface area contributed by atoms with Crippen LogP contribution in [-0.2, 0) is 5.41 Å². The van der Waals surface area contributed by atoms with Gasteiger partial charge in [-0.05, 0) is 81.9 Å². The summed E-state index contributed by atoms with van der Waals surface area (Å²) in [5, 5.41) is 6.47. The van der Waals surface area contributed by atoms with Crippen LogP contribution in [-0.4, -0.2) is 19.5 Å². The number of rotatable bonds is 5. The molecular weight excluding hydrogens is 809 g/mol. The largest absolute Gasteiger partial charge is 0.456 e. The summed E-state index contributed by atoms with van der Waals surface area (Å²) in [6.07, 6.45) is 0. The predicted octanol–water partition coefficient (Wildman–Crippen LogP) is 15.7. The van der Waals surface area contributed by atoms with Gasteiger partial charge in [-0.3, -0.25) is 0 Å². The number of nitrogens with zero attached hydrogens (tertiary/aromatic N) is 4. The van der Waals surface area contributed by atoms with Gasteiger partial charge in [0, 0.05) is 60.5 Å². The zero-order chi connectivity index (χ0) is 43.7. The third kappa shape index (κ3) is 5.33. The van der Waals surface area contributed by atoms with Gasteiger partial charge in [0.2, 0.25) is 0 Å². The first-order valence-corrected chi connectivity index (χ1v) is 22.4. The van der Waals surface area contributed by atoms with E-state index in [1.165, 1.54) is 33.0 Å². The molecule has 0 saturated heterocycles. The molecule has 0 unspecified atom stereocenters. The smallest absolute Gasteiger partial charge is 0.164 e. The molecule has 4 heterocycles. The van der Waals surface area contributed by atoms with Gasteiger partial charge in [-0.1, -0.05) is 153 Å². The number of para-hydroxylation sites is 3. The number of hydrogen-bond acceptors (Lipinski definition) is 5. The molecule has 310 valence electrons. The fourth-order valence-electron chi connectivity index (χ4n) is 10.8. The van der Waals surface area contributed by atoms with Crippen molar-refractivity contribution in [2.24, 2.45) is 0 Å². The maximum Gasteiger partial charge on any atom is 0.164 e. The van der Waals surface area contributed by atoms with Crippen LogP contribution in [0, 0.1) is 0 Å². The van der Waals surface area contributed by atoms with E-state index in [1.807, 2.05) is 42.5 Å². The molecule has 6 nitrogen and oxygen atoms in total. The van der Waals surface area contributed by atoms with E-state index in [4.69, 9.17) is 23.8 Å². The summed E-state index contributed by atoms with van der Waals surface area (Å²) in [4.78, 5) is 15.7. The van der Waals surface area contributed by atoms with Crippen molar-refractivity contribution < 1.29 is 8.83 Å². The van der Waals surface area contributed by atoms with Crippen LogP contribution in [0.3, 0.4) is 0 Å². The highest BCUT2D eigenvalue weighted by Crippen LogP contribution is 2.50. The van der Waals surface area contributed by atoms with E-state index in [-0.39, 0.29) is 5.41 Å². The molecule has 66 heavy (non-hydrogen) atoms. The van der Waals surface area contributed by atoms with E-state index in [1.54, 1.807) is 0 Å². The van der Waals surface area contributed by atoms with Crippen molar-refractivity contribution in [1.29, 1.82) is 0 Å². The van der Waals surface area contributed by atoms with Gasteiger partial charge >= 0.3 is 0 Å². The van der Waals surface area contributed by atoms with Crippen LogP contribution in [0.25, 0.3) is 128 Å². The number of fused-ring (bicyclic) bond motifs is 12. The minimum atomic E-state index is -0.170. The molecule has 0 amide bonds. The molecule has 1 aliphatic carbocycles. The molecule has 9 aromatic carbocycles. The molecule has 0 radical (unpaired) electrons. The molecule has 0 bridgehead atoms. The van der Waals surface area contributed by atoms with Crippen LogP contribution < -0.4 is 0 Å². The lowest BCUT2D eigenvalue weighted by Gasteiger charge is -2.21. The van der Waals surface area contributed by atoms with Crippen molar-refractivity contribution in [1.82, 2.24) is 19.5 Å². The quantitative estimate of drug-likeness (QED) is 0.173. The third-order valence-corrected chi connectivity index (χ3v) is 13.9. The van der Waals surface area contributed by atoms with E-state index in [9.17, 15) is 0 Å². The number of furan rings is 2. The van der Waals surface area contributed by atoms with Gasteiger partial charge in [0.25, 0.3) is 0 Å². The summed E-state index contributed by atoms with van der Waals surface area (Å²) in [5.41, 5.74) is 16.3. The Bertz CT molecular complexity index is 4100. The van der Waals surface area contributed by atoms with Gasteiger partial charge in [-0.15, -0.1) is 0 Å². The summed E-state index contributed by atoms with van der Waals surface area (Å²) in [7, 11) is 0. The first-order valence-electron chi connectivity index (χ1n) is 22.4. The summed E-state index contributed by atoms with van der Waals surface area (Å²) in [6.45, 7) is 4.60. The Morgan fingerprint density at radius 3 is 1.77 bits per heavy atom. The van der Waals surface area contributed by atoms with Crippen LogP contribution in [0.5, 0.6) is 0 Å². The van der Waals surface area contributed by atoms with Gasteiger partial charge in [0.15, 0.2) is 17.5 Å². The molecule has 6 heteroatoms. The van der Waals surface area contributed by atoms with Gasteiger partial charge < -0.3 is 13.4 Å². The lowest BCUT2D eigenvalue weighted by molar-refractivity contribution is 0.660. The normalized spacial score (nSPS) is 13.1. The molecule has 0 saturated carbocycles. The van der Waals surface area contributed by atoms with Crippen LogP contribution in [0.4, 0.5) is 0 Å². The molecule has 0 spiro atoms. The van der Waals surface area contributed by atoms with E-state index in [0.717, 1.165) is 88.4 Å². The van der Waals surface area contributed by atoms with E-state index in [0.29, 0.717) is 17.5 Å². The molecule has 0 N–H and O–H groups in total. The van der Waals surface area contributed by atoms with Crippen LogP contribution in [0.1, 0.15) is 25.0 Å². The molecule has 0 atom stereocenters. The average Bonchev–Trinajstić information content (AvgIpc) is 4.10. The highest BCUT2D eigenvalue weighted by atomic mass is 16.3. The minimum Gasteiger partial charge on any atom is -0.456 e. The molecular formula is C60H38N4O2. The Morgan fingerprint density at radius 1 is 0.364 bits per heavy atom. The Morgan fingerprint density at radius 2 is 0.955 bits per heavy atom. The van der Waals surface area contributed by atoms with Crippen LogP contribution in [0.2, 0.25) is 0 Å². The maximum atomic E-state index is 6.69. The second-order valence-electron chi connectivity index (χ2n) is 17.9. The first-order chi connectivity index (χ1) is 32.5. The molecule has 4 aromatic heterocycles. The molecule has 1 aliphatic rings. The van der Waals surface area contributed by atoms with Crippen molar-refractivity contribution in [2.45, 2.75) is 19.3 Å².